The van der Waals surface area contributed by atoms with Crippen molar-refractivity contribution < 1.29 is 4.74 Å². The van der Waals surface area contributed by atoms with Gasteiger partial charge in [-0.25, -0.2) is 0 Å². The Morgan fingerprint density at radius 1 is 1.37 bits per heavy atom. The van der Waals surface area contributed by atoms with Gasteiger partial charge in [-0.2, -0.15) is 11.3 Å². The molecule has 0 aromatic carbocycles. The summed E-state index contributed by atoms with van der Waals surface area (Å²) in [4.78, 5) is 0. The summed E-state index contributed by atoms with van der Waals surface area (Å²) in [6, 6.07) is 2.24. The molecule has 0 aliphatic heterocycles. The van der Waals surface area contributed by atoms with Crippen LogP contribution in [-0.4, -0.2) is 12.2 Å². The first kappa shape index (κ1) is 15.0. The van der Waals surface area contributed by atoms with Crippen LogP contribution in [0.3, 0.4) is 0 Å². The second-order valence-electron chi connectivity index (χ2n) is 6.32. The highest BCUT2D eigenvalue weighted by Gasteiger charge is 2.45. The lowest BCUT2D eigenvalue weighted by molar-refractivity contribution is -0.107. The lowest BCUT2D eigenvalue weighted by atomic mass is 9.67. The number of rotatable bonds is 5. The summed E-state index contributed by atoms with van der Waals surface area (Å²) in [5.41, 5.74) is 4.53. The fraction of sp³-hybridized carbons (Fsp3) is 0.733. The van der Waals surface area contributed by atoms with E-state index in [1.807, 2.05) is 0 Å². The van der Waals surface area contributed by atoms with Crippen molar-refractivity contribution in [2.24, 2.45) is 11.3 Å². The topological polar surface area (TPSA) is 47.3 Å². The maximum absolute atomic E-state index is 6.20. The molecule has 3 N–H and O–H groups in total. The van der Waals surface area contributed by atoms with E-state index in [2.05, 4.69) is 43.0 Å². The van der Waals surface area contributed by atoms with Crippen molar-refractivity contribution in [1.82, 2.24) is 5.43 Å². The highest BCUT2D eigenvalue weighted by atomic mass is 32.1. The van der Waals surface area contributed by atoms with Gasteiger partial charge < -0.3 is 4.74 Å². The normalized spacial score (nSPS) is 23.2. The molecule has 1 unspecified atom stereocenters. The number of hydrazine groups is 1. The molecule has 0 radical (unpaired) electrons. The second kappa shape index (κ2) is 5.92. The molecule has 0 bridgehead atoms. The molecular weight excluding hydrogens is 256 g/mol. The molecule has 1 saturated carbocycles. The van der Waals surface area contributed by atoms with Crippen LogP contribution in [0.4, 0.5) is 0 Å². The molecule has 4 heteroatoms. The summed E-state index contributed by atoms with van der Waals surface area (Å²) in [5.74, 6) is 5.85. The van der Waals surface area contributed by atoms with Gasteiger partial charge in [0.2, 0.25) is 0 Å². The predicted octanol–water partition coefficient (Wildman–Crippen LogP) is 3.63. The fourth-order valence-corrected chi connectivity index (χ4v) is 3.83. The van der Waals surface area contributed by atoms with Gasteiger partial charge in [-0.1, -0.05) is 13.8 Å². The minimum Gasteiger partial charge on any atom is -0.373 e. The summed E-state index contributed by atoms with van der Waals surface area (Å²) in [7, 11) is 0. The van der Waals surface area contributed by atoms with Crippen molar-refractivity contribution in [1.29, 1.82) is 0 Å². The van der Waals surface area contributed by atoms with Gasteiger partial charge in [0, 0.05) is 6.61 Å². The Bertz CT molecular complexity index is 379. The summed E-state index contributed by atoms with van der Waals surface area (Å²) in [6.45, 7) is 7.50. The Morgan fingerprint density at radius 2 is 2.05 bits per heavy atom. The van der Waals surface area contributed by atoms with Crippen LogP contribution in [0.15, 0.2) is 16.8 Å². The quantitative estimate of drug-likeness (QED) is 0.640. The van der Waals surface area contributed by atoms with Gasteiger partial charge in [-0.05, 0) is 60.4 Å². The maximum Gasteiger partial charge on any atom is 0.0889 e. The number of thiophene rings is 1. The van der Waals surface area contributed by atoms with Crippen LogP contribution in [-0.2, 0) is 4.74 Å². The smallest absolute Gasteiger partial charge is 0.0889 e. The summed E-state index contributed by atoms with van der Waals surface area (Å²) >= 11 is 1.71. The van der Waals surface area contributed by atoms with E-state index >= 15 is 0 Å². The molecular formula is C15H26N2OS. The Labute approximate surface area is 120 Å². The van der Waals surface area contributed by atoms with Crippen LogP contribution in [0.25, 0.3) is 0 Å². The number of nitrogens with one attached hydrogen (secondary N) is 1. The van der Waals surface area contributed by atoms with E-state index in [9.17, 15) is 0 Å². The van der Waals surface area contributed by atoms with Gasteiger partial charge in [-0.15, -0.1) is 0 Å². The van der Waals surface area contributed by atoms with E-state index in [0.29, 0.717) is 5.41 Å². The minimum absolute atomic E-state index is 0.0924. The van der Waals surface area contributed by atoms with Gasteiger partial charge in [0.05, 0.1) is 11.6 Å². The Balaban J connectivity index is 2.23. The number of ether oxygens (including phenoxy) is 1. The number of nitrogens with two attached hydrogens (primary N) is 1. The van der Waals surface area contributed by atoms with Crippen LogP contribution < -0.4 is 11.3 Å². The Hall–Kier alpha value is -0.420. The van der Waals surface area contributed by atoms with Crippen LogP contribution in [0, 0.1) is 5.41 Å². The third-order valence-electron chi connectivity index (χ3n) is 4.45. The first-order chi connectivity index (χ1) is 9.03. The van der Waals surface area contributed by atoms with Crippen molar-refractivity contribution in [2.75, 3.05) is 6.61 Å². The fourth-order valence-electron chi connectivity index (χ4n) is 3.14. The van der Waals surface area contributed by atoms with E-state index in [1.54, 1.807) is 11.3 Å². The largest absolute Gasteiger partial charge is 0.373 e. The van der Waals surface area contributed by atoms with Crippen LogP contribution in [0.2, 0.25) is 0 Å². The van der Waals surface area contributed by atoms with Crippen LogP contribution in [0.1, 0.15) is 58.1 Å². The zero-order chi connectivity index (χ0) is 13.9. The van der Waals surface area contributed by atoms with Crippen LogP contribution >= 0.6 is 11.3 Å². The van der Waals surface area contributed by atoms with Gasteiger partial charge in [0.1, 0.15) is 0 Å². The minimum atomic E-state index is -0.153. The van der Waals surface area contributed by atoms with Crippen LogP contribution in [0.5, 0.6) is 0 Å². The molecule has 1 aliphatic carbocycles. The molecule has 108 valence electrons. The third-order valence-corrected chi connectivity index (χ3v) is 5.15. The lowest BCUT2D eigenvalue weighted by Gasteiger charge is -2.47. The average Bonchev–Trinajstić information content (AvgIpc) is 2.88. The monoisotopic (exact) mass is 282 g/mol. The molecule has 0 amide bonds. The van der Waals surface area contributed by atoms with E-state index in [1.165, 1.54) is 18.4 Å². The van der Waals surface area contributed by atoms with E-state index < -0.39 is 0 Å². The van der Waals surface area contributed by atoms with E-state index in [0.717, 1.165) is 19.4 Å². The molecule has 0 saturated heterocycles. The van der Waals surface area contributed by atoms with E-state index in [-0.39, 0.29) is 11.6 Å². The van der Waals surface area contributed by atoms with Crippen molar-refractivity contribution in [2.45, 2.75) is 58.1 Å². The average molecular weight is 282 g/mol. The maximum atomic E-state index is 6.20. The molecule has 1 fully saturated rings. The Kier molecular flexibility index (Phi) is 4.66. The standard InChI is InChI=1S/C15H26N2OS/c1-4-18-15(8-6-14(2,3)7-9-15)13(17-16)12-5-10-19-11-12/h5,10-11,13,17H,4,6-9,16H2,1-3H3. The molecule has 2 rings (SSSR count). The van der Waals surface area contributed by atoms with Gasteiger partial charge in [-0.3, -0.25) is 11.3 Å². The van der Waals surface area contributed by atoms with Gasteiger partial charge in [0.25, 0.3) is 0 Å². The summed E-state index contributed by atoms with van der Waals surface area (Å²) in [6.07, 6.45) is 4.52. The lowest BCUT2D eigenvalue weighted by Crippen LogP contribution is -2.51. The number of hydrogen-bond acceptors (Lipinski definition) is 4. The molecule has 1 heterocycles. The molecule has 1 aromatic heterocycles. The SMILES string of the molecule is CCOC1(C(NN)c2ccsc2)CCC(C)(C)CC1. The third kappa shape index (κ3) is 3.19. The zero-order valence-corrected chi connectivity index (χ0v) is 13.1. The van der Waals surface area contributed by atoms with Gasteiger partial charge in [0.15, 0.2) is 0 Å². The first-order valence-electron chi connectivity index (χ1n) is 7.15. The predicted molar refractivity (Wildman–Crippen MR) is 81.0 cm³/mol. The zero-order valence-electron chi connectivity index (χ0n) is 12.2. The summed E-state index contributed by atoms with van der Waals surface area (Å²) < 4.78 is 6.20. The van der Waals surface area contributed by atoms with Gasteiger partial charge >= 0.3 is 0 Å². The van der Waals surface area contributed by atoms with Crippen molar-refractivity contribution in [3.05, 3.63) is 22.4 Å². The molecule has 1 aliphatic rings. The highest BCUT2D eigenvalue weighted by Crippen LogP contribution is 2.47. The molecule has 3 nitrogen and oxygen atoms in total. The molecule has 19 heavy (non-hydrogen) atoms. The van der Waals surface area contributed by atoms with Crippen molar-refractivity contribution in [3.63, 3.8) is 0 Å². The van der Waals surface area contributed by atoms with Crippen molar-refractivity contribution in [3.8, 4) is 0 Å². The summed E-state index contributed by atoms with van der Waals surface area (Å²) in [5, 5.41) is 4.27. The Morgan fingerprint density at radius 3 is 2.53 bits per heavy atom. The second-order valence-corrected chi connectivity index (χ2v) is 7.10. The highest BCUT2D eigenvalue weighted by molar-refractivity contribution is 7.07. The molecule has 0 spiro atoms. The first-order valence-corrected chi connectivity index (χ1v) is 8.09. The molecule has 1 atom stereocenters. The number of hydrogen-bond donors (Lipinski definition) is 2. The molecule has 1 aromatic rings. The van der Waals surface area contributed by atoms with Crippen molar-refractivity contribution >= 4 is 11.3 Å². The van der Waals surface area contributed by atoms with E-state index in [4.69, 9.17) is 10.6 Å².